The Morgan fingerprint density at radius 3 is 2.59 bits per heavy atom. The Kier molecular flexibility index (Phi) is 5.53. The fourth-order valence-corrected chi connectivity index (χ4v) is 3.55. The summed E-state index contributed by atoms with van der Waals surface area (Å²) >= 11 is 1.44. The van der Waals surface area contributed by atoms with Crippen LogP contribution in [0.5, 0.6) is 0 Å². The second-order valence-electron chi connectivity index (χ2n) is 5.50. The summed E-state index contributed by atoms with van der Waals surface area (Å²) in [6, 6.07) is 9.34. The minimum absolute atomic E-state index is 0.498. The lowest BCUT2D eigenvalue weighted by Gasteiger charge is -2.03. The van der Waals surface area contributed by atoms with Crippen LogP contribution in [0.25, 0.3) is 23.5 Å². The van der Waals surface area contributed by atoms with Crippen LogP contribution in [0.15, 0.2) is 42.5 Å². The average molecular weight is 382 g/mol. The normalized spacial score (nSPS) is 11.4. The number of aromatic nitrogens is 4. The summed E-state index contributed by atoms with van der Waals surface area (Å²) in [5.41, 5.74) is 2.55. The van der Waals surface area contributed by atoms with Crippen LogP contribution >= 0.6 is 11.3 Å². The van der Waals surface area contributed by atoms with E-state index in [0.717, 1.165) is 38.6 Å². The maximum Gasteiger partial charge on any atom is 0.328 e. The minimum atomic E-state index is -1.02. The Hall–Kier alpha value is -3.59. The van der Waals surface area contributed by atoms with Crippen molar-refractivity contribution in [3.63, 3.8) is 0 Å². The van der Waals surface area contributed by atoms with E-state index in [9.17, 15) is 9.59 Å². The number of carbonyl (C=O) groups is 2. The van der Waals surface area contributed by atoms with Gasteiger partial charge in [-0.25, -0.2) is 14.7 Å². The number of H-pyrrole nitrogens is 1. The Bertz CT molecular complexity index is 1020. The molecule has 0 amide bonds. The van der Waals surface area contributed by atoms with E-state index in [1.165, 1.54) is 23.5 Å². The molecule has 0 atom stereocenters. The van der Waals surface area contributed by atoms with Crippen molar-refractivity contribution in [2.75, 3.05) is 0 Å². The monoisotopic (exact) mass is 382 g/mol. The van der Waals surface area contributed by atoms with Crippen LogP contribution in [0.3, 0.4) is 0 Å². The molecule has 2 heterocycles. The first-order chi connectivity index (χ1) is 13.0. The lowest BCUT2D eigenvalue weighted by atomic mass is 10.0. The van der Waals surface area contributed by atoms with Crippen molar-refractivity contribution in [3.8, 4) is 11.4 Å². The molecular weight excluding hydrogens is 368 g/mol. The van der Waals surface area contributed by atoms with Crippen LogP contribution in [0.4, 0.5) is 0 Å². The highest BCUT2D eigenvalue weighted by molar-refractivity contribution is 7.13. The molecule has 2 aromatic heterocycles. The zero-order valence-electron chi connectivity index (χ0n) is 13.9. The average Bonchev–Trinajstić information content (AvgIpc) is 3.28. The van der Waals surface area contributed by atoms with E-state index < -0.39 is 11.9 Å². The summed E-state index contributed by atoms with van der Waals surface area (Å²) in [6.45, 7) is 0. The smallest absolute Gasteiger partial charge is 0.328 e. The number of thiophene rings is 1. The standard InChI is InChI=1S/C18H14N4O4S/c23-16(24)6-4-11-2-1-3-12(8-11)9-15-14(18-19-21-22-20-18)10-13(27-15)5-7-17(25)26/h1-8,10H,9H2,(H,23,24)(H,25,26)(H,19,20,21,22)/b6-4?,7-5+. The van der Waals surface area contributed by atoms with Crippen molar-refractivity contribution < 1.29 is 19.8 Å². The molecule has 0 unspecified atom stereocenters. The van der Waals surface area contributed by atoms with Gasteiger partial charge in [-0.15, -0.1) is 16.4 Å². The molecule has 0 fully saturated rings. The third kappa shape index (κ3) is 4.95. The van der Waals surface area contributed by atoms with Gasteiger partial charge in [0.25, 0.3) is 0 Å². The Morgan fingerprint density at radius 2 is 1.89 bits per heavy atom. The van der Waals surface area contributed by atoms with Crippen molar-refractivity contribution in [2.24, 2.45) is 0 Å². The van der Waals surface area contributed by atoms with Crippen molar-refractivity contribution in [3.05, 3.63) is 63.4 Å². The number of nitrogens with one attached hydrogen (secondary N) is 1. The zero-order valence-corrected chi connectivity index (χ0v) is 14.7. The molecule has 0 saturated heterocycles. The molecule has 0 aliphatic rings. The highest BCUT2D eigenvalue weighted by Crippen LogP contribution is 2.32. The van der Waals surface area contributed by atoms with Crippen LogP contribution < -0.4 is 0 Å². The van der Waals surface area contributed by atoms with Gasteiger partial charge in [0.2, 0.25) is 0 Å². The van der Waals surface area contributed by atoms with Gasteiger partial charge in [0, 0.05) is 33.9 Å². The summed E-state index contributed by atoms with van der Waals surface area (Å²) in [6.07, 6.45) is 5.79. The fourth-order valence-electron chi connectivity index (χ4n) is 2.45. The molecule has 0 saturated carbocycles. The van der Waals surface area contributed by atoms with E-state index in [1.807, 2.05) is 30.3 Å². The van der Waals surface area contributed by atoms with Gasteiger partial charge in [-0.3, -0.25) is 0 Å². The molecule has 3 rings (SSSR count). The van der Waals surface area contributed by atoms with Crippen LogP contribution in [0.2, 0.25) is 0 Å². The quantitative estimate of drug-likeness (QED) is 0.536. The topological polar surface area (TPSA) is 129 Å². The first kappa shape index (κ1) is 18.2. The van der Waals surface area contributed by atoms with Crippen LogP contribution in [-0.2, 0) is 16.0 Å². The van der Waals surface area contributed by atoms with Crippen LogP contribution in [0.1, 0.15) is 20.9 Å². The number of rotatable bonds is 7. The lowest BCUT2D eigenvalue weighted by molar-refractivity contribution is -0.132. The first-order valence-corrected chi connectivity index (χ1v) is 8.60. The van der Waals surface area contributed by atoms with Crippen molar-refractivity contribution in [2.45, 2.75) is 6.42 Å². The second kappa shape index (κ2) is 8.19. The summed E-state index contributed by atoms with van der Waals surface area (Å²) < 4.78 is 0. The molecule has 0 spiro atoms. The molecule has 0 radical (unpaired) electrons. The molecule has 9 heteroatoms. The molecule has 0 aliphatic heterocycles. The van der Waals surface area contributed by atoms with Gasteiger partial charge in [-0.05, 0) is 39.8 Å². The number of benzene rings is 1. The highest BCUT2D eigenvalue weighted by Gasteiger charge is 2.14. The van der Waals surface area contributed by atoms with Gasteiger partial charge >= 0.3 is 11.9 Å². The van der Waals surface area contributed by atoms with Gasteiger partial charge in [-0.2, -0.15) is 0 Å². The van der Waals surface area contributed by atoms with E-state index in [1.54, 1.807) is 0 Å². The summed E-state index contributed by atoms with van der Waals surface area (Å²) in [7, 11) is 0. The van der Waals surface area contributed by atoms with E-state index in [0.29, 0.717) is 12.2 Å². The predicted octanol–water partition coefficient (Wildman–Crippen LogP) is 2.71. The zero-order chi connectivity index (χ0) is 19.2. The van der Waals surface area contributed by atoms with E-state index >= 15 is 0 Å². The molecular formula is C18H14N4O4S. The molecule has 0 aliphatic carbocycles. The maximum atomic E-state index is 10.8. The van der Waals surface area contributed by atoms with Gasteiger partial charge in [0.05, 0.1) is 0 Å². The second-order valence-corrected chi connectivity index (χ2v) is 6.67. The van der Waals surface area contributed by atoms with Gasteiger partial charge < -0.3 is 10.2 Å². The molecule has 0 bridgehead atoms. The number of aliphatic carboxylic acids is 2. The van der Waals surface area contributed by atoms with E-state index in [2.05, 4.69) is 20.6 Å². The lowest BCUT2D eigenvalue weighted by Crippen LogP contribution is -1.90. The van der Waals surface area contributed by atoms with Gasteiger partial charge in [-0.1, -0.05) is 24.3 Å². The van der Waals surface area contributed by atoms with Crippen LogP contribution in [0, 0.1) is 0 Å². The van der Waals surface area contributed by atoms with E-state index in [-0.39, 0.29) is 0 Å². The minimum Gasteiger partial charge on any atom is -0.478 e. The van der Waals surface area contributed by atoms with Gasteiger partial charge in [0.1, 0.15) is 0 Å². The molecule has 136 valence electrons. The van der Waals surface area contributed by atoms with Crippen molar-refractivity contribution >= 4 is 35.4 Å². The van der Waals surface area contributed by atoms with Gasteiger partial charge in [0.15, 0.2) is 5.82 Å². The van der Waals surface area contributed by atoms with Crippen molar-refractivity contribution in [1.82, 2.24) is 20.6 Å². The fraction of sp³-hybridized carbons (Fsp3) is 0.0556. The third-order valence-electron chi connectivity index (χ3n) is 3.55. The van der Waals surface area contributed by atoms with Crippen molar-refractivity contribution in [1.29, 1.82) is 0 Å². The highest BCUT2D eigenvalue weighted by atomic mass is 32.1. The number of carboxylic acids is 2. The maximum absolute atomic E-state index is 10.8. The Balaban J connectivity index is 1.93. The molecule has 1 aromatic carbocycles. The first-order valence-electron chi connectivity index (χ1n) is 7.79. The number of aromatic amines is 1. The van der Waals surface area contributed by atoms with Crippen LogP contribution in [-0.4, -0.2) is 42.8 Å². The number of hydrogen-bond donors (Lipinski definition) is 3. The Labute approximate surface area is 157 Å². The molecule has 3 aromatic rings. The molecule has 27 heavy (non-hydrogen) atoms. The summed E-state index contributed by atoms with van der Waals surface area (Å²) in [5.74, 6) is -1.53. The predicted molar refractivity (Wildman–Crippen MR) is 100 cm³/mol. The third-order valence-corrected chi connectivity index (χ3v) is 4.65. The number of nitrogens with zero attached hydrogens (tertiary/aromatic N) is 3. The Morgan fingerprint density at radius 1 is 1.11 bits per heavy atom. The summed E-state index contributed by atoms with van der Waals surface area (Å²) in [4.78, 5) is 23.2. The summed E-state index contributed by atoms with van der Waals surface area (Å²) in [5, 5.41) is 31.4. The number of carboxylic acid groups (broad SMARTS) is 2. The molecule has 3 N–H and O–H groups in total. The number of tetrazole rings is 1. The number of hydrogen-bond acceptors (Lipinski definition) is 6. The molecule has 8 nitrogen and oxygen atoms in total. The van der Waals surface area contributed by atoms with E-state index in [4.69, 9.17) is 10.2 Å². The SMILES string of the molecule is O=C(O)C=Cc1cccc(Cc2sc(/C=C/C(=O)O)cc2-c2nnn[nH]2)c1. The largest absolute Gasteiger partial charge is 0.478 e.